The minimum Gasteiger partial charge on any atom is -0.487 e. The molecule has 0 atom stereocenters. The molecule has 0 aliphatic carbocycles. The number of hydrogen-bond donors (Lipinski definition) is 0. The number of aryl methyl sites for hydroxylation is 1. The molecule has 31 heavy (non-hydrogen) atoms. The summed E-state index contributed by atoms with van der Waals surface area (Å²) in [4.78, 5) is 6.44. The molecule has 0 saturated carbocycles. The molecule has 5 rings (SSSR count). The number of pyridine rings is 1. The van der Waals surface area contributed by atoms with Crippen LogP contribution < -0.4 is 14.4 Å². The fourth-order valence-corrected chi connectivity index (χ4v) is 3.84. The largest absolute Gasteiger partial charge is 0.487 e. The second-order valence-corrected chi connectivity index (χ2v) is 7.79. The molecule has 2 aromatic heterocycles. The van der Waals surface area contributed by atoms with E-state index in [9.17, 15) is 0 Å². The molecule has 4 aromatic rings. The Bertz CT molecular complexity index is 1140. The first kappa shape index (κ1) is 19.2. The van der Waals surface area contributed by atoms with Crippen LogP contribution in [0.2, 0.25) is 0 Å². The topological polar surface area (TPSA) is 39.5 Å². The normalized spacial score (nSPS) is 13.6. The van der Waals surface area contributed by atoms with Crippen LogP contribution >= 0.6 is 0 Å². The number of benzene rings is 2. The molecule has 0 N–H and O–H groups in total. The van der Waals surface area contributed by atoms with Gasteiger partial charge in [0.1, 0.15) is 24.2 Å². The summed E-state index contributed by atoms with van der Waals surface area (Å²) in [7, 11) is 0. The fourth-order valence-electron chi connectivity index (χ4n) is 3.84. The highest BCUT2D eigenvalue weighted by Gasteiger charge is 2.30. The van der Waals surface area contributed by atoms with Gasteiger partial charge in [0, 0.05) is 18.6 Å². The van der Waals surface area contributed by atoms with Crippen LogP contribution in [0.1, 0.15) is 11.1 Å². The zero-order valence-corrected chi connectivity index (χ0v) is 17.5. The average Bonchev–Trinajstić information content (AvgIpc) is 3.31. The first-order valence-electron chi connectivity index (χ1n) is 10.5. The summed E-state index contributed by atoms with van der Waals surface area (Å²) in [6.45, 7) is 4.37. The molecule has 5 nitrogen and oxygen atoms in total. The van der Waals surface area contributed by atoms with Crippen LogP contribution in [0.25, 0.3) is 5.69 Å². The second-order valence-electron chi connectivity index (χ2n) is 7.79. The van der Waals surface area contributed by atoms with Gasteiger partial charge < -0.3 is 18.9 Å². The maximum atomic E-state index is 6.23. The number of hydrogen-bond acceptors (Lipinski definition) is 4. The SMILES string of the molecule is Cc1cc(OC2CN(c3ccccc3-n3cccc3)C2)ccc1COc1cccnc1. The van der Waals surface area contributed by atoms with Gasteiger partial charge in [0.25, 0.3) is 0 Å². The van der Waals surface area contributed by atoms with Crippen LogP contribution in [0.3, 0.4) is 0 Å². The van der Waals surface area contributed by atoms with Crippen molar-refractivity contribution in [3.05, 3.63) is 103 Å². The van der Waals surface area contributed by atoms with Gasteiger partial charge in [-0.1, -0.05) is 18.2 Å². The Morgan fingerprint density at radius 2 is 1.71 bits per heavy atom. The molecule has 3 heterocycles. The Morgan fingerprint density at radius 3 is 2.45 bits per heavy atom. The molecular weight excluding hydrogens is 386 g/mol. The maximum Gasteiger partial charge on any atom is 0.138 e. The number of para-hydroxylation sites is 2. The minimum atomic E-state index is 0.189. The van der Waals surface area contributed by atoms with Crippen molar-refractivity contribution in [2.45, 2.75) is 19.6 Å². The molecule has 1 fully saturated rings. The molecule has 1 aliphatic rings. The second kappa shape index (κ2) is 8.56. The third kappa shape index (κ3) is 4.26. The number of rotatable bonds is 7. The number of ether oxygens (including phenoxy) is 2. The summed E-state index contributed by atoms with van der Waals surface area (Å²) in [5.74, 6) is 1.68. The van der Waals surface area contributed by atoms with Crippen LogP contribution in [0.5, 0.6) is 11.5 Å². The zero-order chi connectivity index (χ0) is 21.0. The molecule has 0 bridgehead atoms. The third-order valence-electron chi connectivity index (χ3n) is 5.60. The van der Waals surface area contributed by atoms with Crippen molar-refractivity contribution < 1.29 is 9.47 Å². The van der Waals surface area contributed by atoms with E-state index in [1.165, 1.54) is 11.4 Å². The van der Waals surface area contributed by atoms with Crippen molar-refractivity contribution in [3.63, 3.8) is 0 Å². The zero-order valence-electron chi connectivity index (χ0n) is 17.5. The Kier molecular flexibility index (Phi) is 5.31. The minimum absolute atomic E-state index is 0.189. The van der Waals surface area contributed by atoms with Crippen LogP contribution in [0.4, 0.5) is 5.69 Å². The van der Waals surface area contributed by atoms with Crippen molar-refractivity contribution in [2.24, 2.45) is 0 Å². The average molecular weight is 412 g/mol. The van der Waals surface area contributed by atoms with Gasteiger partial charge in [0.2, 0.25) is 0 Å². The molecule has 2 aromatic carbocycles. The quantitative estimate of drug-likeness (QED) is 0.428. The maximum absolute atomic E-state index is 6.23. The van der Waals surface area contributed by atoms with Crippen molar-refractivity contribution in [3.8, 4) is 17.2 Å². The van der Waals surface area contributed by atoms with Gasteiger partial charge in [-0.05, 0) is 66.6 Å². The Labute approximate surface area is 182 Å². The Balaban J connectivity index is 1.19. The van der Waals surface area contributed by atoms with Gasteiger partial charge in [0.15, 0.2) is 0 Å². The van der Waals surface area contributed by atoms with Gasteiger partial charge in [-0.25, -0.2) is 0 Å². The molecule has 0 spiro atoms. The van der Waals surface area contributed by atoms with E-state index in [0.29, 0.717) is 6.61 Å². The molecule has 0 unspecified atom stereocenters. The highest BCUT2D eigenvalue weighted by Crippen LogP contribution is 2.30. The highest BCUT2D eigenvalue weighted by atomic mass is 16.5. The lowest BCUT2D eigenvalue weighted by atomic mass is 10.1. The van der Waals surface area contributed by atoms with Gasteiger partial charge in [-0.3, -0.25) is 4.98 Å². The summed E-state index contributed by atoms with van der Waals surface area (Å²) >= 11 is 0. The molecule has 0 amide bonds. The summed E-state index contributed by atoms with van der Waals surface area (Å²) in [6, 6.07) is 22.6. The smallest absolute Gasteiger partial charge is 0.138 e. The van der Waals surface area contributed by atoms with Crippen molar-refractivity contribution in [1.82, 2.24) is 9.55 Å². The molecule has 156 valence electrons. The predicted octanol–water partition coefficient (Wildman–Crippen LogP) is 5.03. The summed E-state index contributed by atoms with van der Waals surface area (Å²) in [6.07, 6.45) is 7.81. The standard InChI is InChI=1S/C26H25N3O2/c1-20-15-22(11-10-21(20)19-30-23-7-6-12-27-16-23)31-24-17-29(18-24)26-9-3-2-8-25(26)28-13-4-5-14-28/h2-16,24H,17-19H2,1H3. The fraction of sp³-hybridized carbons (Fsp3) is 0.192. The lowest BCUT2D eigenvalue weighted by molar-refractivity contribution is 0.167. The van der Waals surface area contributed by atoms with Crippen LogP contribution in [-0.2, 0) is 6.61 Å². The number of aromatic nitrogens is 2. The van der Waals surface area contributed by atoms with E-state index in [1.807, 2.05) is 30.3 Å². The van der Waals surface area contributed by atoms with Gasteiger partial charge in [-0.2, -0.15) is 0 Å². The first-order chi connectivity index (χ1) is 15.3. The summed E-state index contributed by atoms with van der Waals surface area (Å²) in [5.41, 5.74) is 4.74. The summed E-state index contributed by atoms with van der Waals surface area (Å²) < 4.78 is 14.2. The van der Waals surface area contributed by atoms with Crippen molar-refractivity contribution >= 4 is 5.69 Å². The lowest BCUT2D eigenvalue weighted by Crippen LogP contribution is -2.54. The van der Waals surface area contributed by atoms with Gasteiger partial charge >= 0.3 is 0 Å². The first-order valence-corrected chi connectivity index (χ1v) is 10.5. The summed E-state index contributed by atoms with van der Waals surface area (Å²) in [5, 5.41) is 0. The Hall–Kier alpha value is -3.73. The molecule has 1 saturated heterocycles. The number of anilines is 1. The Morgan fingerprint density at radius 1 is 0.903 bits per heavy atom. The molecule has 0 radical (unpaired) electrons. The number of nitrogens with zero attached hydrogens (tertiary/aromatic N) is 3. The monoisotopic (exact) mass is 411 g/mol. The van der Waals surface area contributed by atoms with E-state index >= 15 is 0 Å². The van der Waals surface area contributed by atoms with E-state index in [4.69, 9.17) is 9.47 Å². The predicted molar refractivity (Wildman–Crippen MR) is 122 cm³/mol. The molecular formula is C26H25N3O2. The third-order valence-corrected chi connectivity index (χ3v) is 5.60. The van der Waals surface area contributed by atoms with Crippen LogP contribution in [-0.4, -0.2) is 28.7 Å². The van der Waals surface area contributed by atoms with E-state index < -0.39 is 0 Å². The van der Waals surface area contributed by atoms with E-state index in [2.05, 4.69) is 70.2 Å². The molecule has 1 aliphatic heterocycles. The van der Waals surface area contributed by atoms with E-state index in [-0.39, 0.29) is 6.10 Å². The van der Waals surface area contributed by atoms with Crippen molar-refractivity contribution in [2.75, 3.05) is 18.0 Å². The van der Waals surface area contributed by atoms with Gasteiger partial charge in [-0.15, -0.1) is 0 Å². The van der Waals surface area contributed by atoms with E-state index in [0.717, 1.165) is 35.7 Å². The molecule has 5 heteroatoms. The van der Waals surface area contributed by atoms with E-state index in [1.54, 1.807) is 12.4 Å². The lowest BCUT2D eigenvalue weighted by Gasteiger charge is -2.41. The highest BCUT2D eigenvalue weighted by molar-refractivity contribution is 5.64. The van der Waals surface area contributed by atoms with Crippen LogP contribution in [0, 0.1) is 6.92 Å². The van der Waals surface area contributed by atoms with Gasteiger partial charge in [0.05, 0.1) is 30.7 Å². The van der Waals surface area contributed by atoms with Crippen molar-refractivity contribution in [1.29, 1.82) is 0 Å². The van der Waals surface area contributed by atoms with Crippen LogP contribution in [0.15, 0.2) is 91.5 Å².